The minimum atomic E-state index is -4.84. The number of nitrogens with one attached hydrogen (secondary N) is 1. The number of hydrogen-bond acceptors (Lipinski definition) is 6. The maximum atomic E-state index is 12.1. The summed E-state index contributed by atoms with van der Waals surface area (Å²) in [6, 6.07) is 3.14. The normalized spacial score (nSPS) is 13.3. The standard InChI is InChI=1S/C17H20F3NO6/c1-4-10(2)14(16(24)25-3)21-13(22)9-26-15(23)11-5-7-12(8-6-11)27-17(18,19)20/h5-8,10,14H,4,9H2,1-3H3,(H,21,22)/t10-,14+/m1/s1. The molecule has 0 saturated heterocycles. The zero-order valence-corrected chi connectivity index (χ0v) is 15.0. The molecule has 1 aromatic rings. The molecule has 0 bridgehead atoms. The van der Waals surface area contributed by atoms with Crippen LogP contribution in [0.4, 0.5) is 13.2 Å². The van der Waals surface area contributed by atoms with Gasteiger partial charge < -0.3 is 19.5 Å². The summed E-state index contributed by atoms with van der Waals surface area (Å²) >= 11 is 0. The van der Waals surface area contributed by atoms with E-state index in [0.29, 0.717) is 6.42 Å². The van der Waals surface area contributed by atoms with Crippen molar-refractivity contribution in [3.63, 3.8) is 0 Å². The second-order valence-corrected chi connectivity index (χ2v) is 5.60. The van der Waals surface area contributed by atoms with Crippen molar-refractivity contribution in [3.8, 4) is 5.75 Å². The van der Waals surface area contributed by atoms with Gasteiger partial charge in [0.05, 0.1) is 12.7 Å². The van der Waals surface area contributed by atoms with Crippen molar-refractivity contribution < 1.29 is 41.8 Å². The van der Waals surface area contributed by atoms with Gasteiger partial charge in [-0.05, 0) is 30.2 Å². The molecule has 0 spiro atoms. The number of esters is 2. The Morgan fingerprint density at radius 3 is 2.22 bits per heavy atom. The molecule has 150 valence electrons. The molecule has 10 heteroatoms. The third kappa shape index (κ3) is 7.55. The number of hydrogen-bond donors (Lipinski definition) is 1. The number of ether oxygens (including phenoxy) is 3. The van der Waals surface area contributed by atoms with E-state index in [1.54, 1.807) is 6.92 Å². The Labute approximate surface area is 153 Å². The summed E-state index contributed by atoms with van der Waals surface area (Å²) in [6.45, 7) is 2.92. The van der Waals surface area contributed by atoms with Crippen LogP contribution in [0.15, 0.2) is 24.3 Å². The second kappa shape index (κ2) is 9.79. The molecule has 0 fully saturated rings. The maximum absolute atomic E-state index is 12.1. The number of carbonyl (C=O) groups is 3. The van der Waals surface area contributed by atoms with E-state index in [4.69, 9.17) is 4.74 Å². The van der Waals surface area contributed by atoms with E-state index >= 15 is 0 Å². The van der Waals surface area contributed by atoms with Crippen LogP contribution in [-0.2, 0) is 19.1 Å². The van der Waals surface area contributed by atoms with Crippen LogP contribution in [0.25, 0.3) is 0 Å². The van der Waals surface area contributed by atoms with Crippen LogP contribution in [0.3, 0.4) is 0 Å². The maximum Gasteiger partial charge on any atom is 0.573 e. The molecule has 7 nitrogen and oxygen atoms in total. The smallest absolute Gasteiger partial charge is 0.467 e. The topological polar surface area (TPSA) is 90.9 Å². The van der Waals surface area contributed by atoms with Crippen LogP contribution >= 0.6 is 0 Å². The van der Waals surface area contributed by atoms with Gasteiger partial charge in [-0.1, -0.05) is 20.3 Å². The molecule has 1 N–H and O–H groups in total. The van der Waals surface area contributed by atoms with E-state index in [1.165, 1.54) is 7.11 Å². The molecule has 0 aliphatic carbocycles. The Hall–Kier alpha value is -2.78. The molecule has 0 radical (unpaired) electrons. The van der Waals surface area contributed by atoms with Crippen molar-refractivity contribution in [2.45, 2.75) is 32.7 Å². The summed E-state index contributed by atoms with van der Waals surface area (Å²) in [5, 5.41) is 2.42. The van der Waals surface area contributed by atoms with Crippen LogP contribution < -0.4 is 10.1 Å². The molecule has 1 aromatic carbocycles. The number of amides is 1. The third-order valence-electron chi connectivity index (χ3n) is 3.64. The highest BCUT2D eigenvalue weighted by molar-refractivity contribution is 5.92. The summed E-state index contributed by atoms with van der Waals surface area (Å²) in [6.07, 6.45) is -4.24. The summed E-state index contributed by atoms with van der Waals surface area (Å²) in [5.74, 6) is -2.94. The molecule has 0 unspecified atom stereocenters. The van der Waals surface area contributed by atoms with E-state index in [2.05, 4.69) is 14.8 Å². The molecule has 27 heavy (non-hydrogen) atoms. The molecule has 0 aromatic heterocycles. The molecule has 0 heterocycles. The van der Waals surface area contributed by atoms with E-state index in [1.807, 2.05) is 6.92 Å². The fourth-order valence-corrected chi connectivity index (χ4v) is 2.02. The highest BCUT2D eigenvalue weighted by atomic mass is 19.4. The van der Waals surface area contributed by atoms with Gasteiger partial charge in [0.2, 0.25) is 0 Å². The van der Waals surface area contributed by atoms with Crippen molar-refractivity contribution in [1.82, 2.24) is 5.32 Å². The summed E-state index contributed by atoms with van der Waals surface area (Å²) in [7, 11) is 1.19. The molecule has 0 aliphatic heterocycles. The highest BCUT2D eigenvalue weighted by Gasteiger charge is 2.31. The number of carbonyl (C=O) groups excluding carboxylic acids is 3. The van der Waals surface area contributed by atoms with Gasteiger partial charge in [0.25, 0.3) is 5.91 Å². The van der Waals surface area contributed by atoms with Crippen molar-refractivity contribution in [2.75, 3.05) is 13.7 Å². The largest absolute Gasteiger partial charge is 0.573 e. The van der Waals surface area contributed by atoms with Crippen molar-refractivity contribution in [1.29, 1.82) is 0 Å². The van der Waals surface area contributed by atoms with E-state index in [9.17, 15) is 27.6 Å². The monoisotopic (exact) mass is 391 g/mol. The lowest BCUT2D eigenvalue weighted by atomic mass is 9.99. The van der Waals surface area contributed by atoms with Crippen LogP contribution in [0.5, 0.6) is 5.75 Å². The number of methoxy groups -OCH3 is 1. The lowest BCUT2D eigenvalue weighted by Gasteiger charge is -2.21. The van der Waals surface area contributed by atoms with Gasteiger partial charge >= 0.3 is 18.3 Å². The van der Waals surface area contributed by atoms with Gasteiger partial charge in [-0.15, -0.1) is 13.2 Å². The predicted octanol–water partition coefficient (Wildman–Crippen LogP) is 2.45. The fraction of sp³-hybridized carbons (Fsp3) is 0.471. The molecule has 0 saturated carbocycles. The van der Waals surface area contributed by atoms with Crippen LogP contribution in [0.1, 0.15) is 30.6 Å². The second-order valence-electron chi connectivity index (χ2n) is 5.60. The Bertz CT molecular complexity index is 660. The minimum absolute atomic E-state index is 0.0660. The van der Waals surface area contributed by atoms with E-state index in [0.717, 1.165) is 24.3 Å². The zero-order chi connectivity index (χ0) is 20.6. The highest BCUT2D eigenvalue weighted by Crippen LogP contribution is 2.22. The van der Waals surface area contributed by atoms with Gasteiger partial charge in [0, 0.05) is 0 Å². The van der Waals surface area contributed by atoms with Gasteiger partial charge in [-0.25, -0.2) is 9.59 Å². The van der Waals surface area contributed by atoms with Crippen LogP contribution in [0, 0.1) is 5.92 Å². The molecule has 1 rings (SSSR count). The average Bonchev–Trinajstić information content (AvgIpc) is 2.62. The van der Waals surface area contributed by atoms with Gasteiger partial charge in [-0.2, -0.15) is 0 Å². The molecule has 1 amide bonds. The van der Waals surface area contributed by atoms with Crippen LogP contribution in [-0.4, -0.2) is 44.0 Å². The van der Waals surface area contributed by atoms with Gasteiger partial charge in [0.1, 0.15) is 11.8 Å². The molecule has 0 aliphatic rings. The Balaban J connectivity index is 2.60. The van der Waals surface area contributed by atoms with Crippen molar-refractivity contribution in [2.24, 2.45) is 5.92 Å². The molecular weight excluding hydrogens is 371 g/mol. The van der Waals surface area contributed by atoms with E-state index < -0.39 is 42.6 Å². The minimum Gasteiger partial charge on any atom is -0.467 e. The summed E-state index contributed by atoms with van der Waals surface area (Å²) in [4.78, 5) is 35.5. The third-order valence-corrected chi connectivity index (χ3v) is 3.64. The fourth-order valence-electron chi connectivity index (χ4n) is 2.02. The first-order valence-corrected chi connectivity index (χ1v) is 7.97. The Kier molecular flexibility index (Phi) is 8.07. The SMILES string of the molecule is CC[C@@H](C)[C@H](NC(=O)COC(=O)c1ccc(OC(F)(F)F)cc1)C(=O)OC. The molecule has 2 atom stereocenters. The summed E-state index contributed by atoms with van der Waals surface area (Å²) < 4.78 is 49.4. The lowest BCUT2D eigenvalue weighted by Crippen LogP contribution is -2.47. The predicted molar refractivity (Wildman–Crippen MR) is 86.8 cm³/mol. The molecular formula is C17H20F3NO6. The van der Waals surface area contributed by atoms with E-state index in [-0.39, 0.29) is 11.5 Å². The first-order valence-electron chi connectivity index (χ1n) is 7.97. The lowest BCUT2D eigenvalue weighted by molar-refractivity contribution is -0.274. The first kappa shape index (κ1) is 22.3. The summed E-state index contributed by atoms with van der Waals surface area (Å²) in [5.41, 5.74) is -0.0660. The number of rotatable bonds is 8. The van der Waals surface area contributed by atoms with Crippen LogP contribution in [0.2, 0.25) is 0 Å². The Morgan fingerprint density at radius 2 is 1.74 bits per heavy atom. The average molecular weight is 391 g/mol. The number of alkyl halides is 3. The number of halogens is 3. The van der Waals surface area contributed by atoms with Gasteiger partial charge in [-0.3, -0.25) is 4.79 Å². The van der Waals surface area contributed by atoms with Crippen molar-refractivity contribution in [3.05, 3.63) is 29.8 Å². The Morgan fingerprint density at radius 1 is 1.15 bits per heavy atom. The van der Waals surface area contributed by atoms with Crippen molar-refractivity contribution >= 4 is 17.8 Å². The quantitative estimate of drug-likeness (QED) is 0.685. The van der Waals surface area contributed by atoms with Gasteiger partial charge in [0.15, 0.2) is 6.61 Å². The first-order chi connectivity index (χ1) is 12.6. The zero-order valence-electron chi connectivity index (χ0n) is 15.0. The number of benzene rings is 1.